The van der Waals surface area contributed by atoms with Crippen LogP contribution in [0.1, 0.15) is 12.5 Å². The summed E-state index contributed by atoms with van der Waals surface area (Å²) in [7, 11) is 1.24. The minimum absolute atomic E-state index is 0.0780. The Hall–Kier alpha value is -1.78. The molecular weight excluding hydrogens is 204 g/mol. The zero-order chi connectivity index (χ0) is 11.4. The molecule has 0 N–H and O–H groups in total. The normalized spacial score (nSPS) is 11.3. The van der Waals surface area contributed by atoms with E-state index in [0.29, 0.717) is 6.07 Å². The van der Waals surface area contributed by atoms with Crippen LogP contribution in [0.4, 0.5) is 8.78 Å². The van der Waals surface area contributed by atoms with Crippen LogP contribution in [0, 0.1) is 11.6 Å². The van der Waals surface area contributed by atoms with Crippen LogP contribution in [-0.2, 0) is 9.63 Å². The molecule has 0 saturated carbocycles. The Labute approximate surface area is 85.3 Å². The topological polar surface area (TPSA) is 38.7 Å². The van der Waals surface area contributed by atoms with Gasteiger partial charge in [0.1, 0.15) is 18.7 Å². The summed E-state index contributed by atoms with van der Waals surface area (Å²) >= 11 is 0. The molecule has 1 rings (SSSR count). The van der Waals surface area contributed by atoms with E-state index in [-0.39, 0.29) is 11.3 Å². The summed E-state index contributed by atoms with van der Waals surface area (Å²) in [4.78, 5) is 15.5. The molecule has 0 heterocycles. The maximum absolute atomic E-state index is 13.3. The molecular formula is C10H9F2NO2. The Morgan fingerprint density at radius 2 is 2.07 bits per heavy atom. The van der Waals surface area contributed by atoms with E-state index in [2.05, 4.69) is 9.99 Å². The summed E-state index contributed by atoms with van der Waals surface area (Å²) in [6.45, 7) is 1.22. The molecule has 5 heteroatoms. The number of nitrogens with zero attached hydrogens (tertiary/aromatic N) is 1. The number of rotatable bonds is 3. The average Bonchev–Trinajstić information content (AvgIpc) is 2.15. The number of halogens is 2. The quantitative estimate of drug-likeness (QED) is 0.568. The van der Waals surface area contributed by atoms with Gasteiger partial charge in [-0.3, -0.25) is 4.79 Å². The smallest absolute Gasteiger partial charge is 0.182 e. The zero-order valence-electron chi connectivity index (χ0n) is 8.25. The maximum Gasteiger partial charge on any atom is 0.182 e. The second-order valence-electron chi connectivity index (χ2n) is 2.80. The first-order valence-corrected chi connectivity index (χ1v) is 4.13. The first-order valence-electron chi connectivity index (χ1n) is 4.13. The molecule has 0 atom stereocenters. The summed E-state index contributed by atoms with van der Waals surface area (Å²) in [5.41, 5.74) is -0.249. The highest BCUT2D eigenvalue weighted by Gasteiger charge is 2.15. The average molecular weight is 213 g/mol. The van der Waals surface area contributed by atoms with Crippen molar-refractivity contribution in [3.05, 3.63) is 35.4 Å². The molecule has 3 nitrogen and oxygen atoms in total. The first-order chi connectivity index (χ1) is 7.06. The van der Waals surface area contributed by atoms with E-state index < -0.39 is 17.4 Å². The highest BCUT2D eigenvalue weighted by molar-refractivity contribution is 6.45. The number of Topliss-reactive ketones (excluding diaryl/α,β-unsaturated/α-hetero) is 1. The third-order valence-electron chi connectivity index (χ3n) is 1.70. The van der Waals surface area contributed by atoms with Gasteiger partial charge < -0.3 is 4.84 Å². The molecule has 1 aromatic rings. The molecule has 0 bridgehead atoms. The van der Waals surface area contributed by atoms with Gasteiger partial charge in [-0.2, -0.15) is 0 Å². The zero-order valence-corrected chi connectivity index (χ0v) is 8.25. The van der Waals surface area contributed by atoms with E-state index in [0.717, 1.165) is 12.1 Å². The van der Waals surface area contributed by atoms with Crippen molar-refractivity contribution in [2.75, 3.05) is 7.11 Å². The van der Waals surface area contributed by atoms with Crippen molar-refractivity contribution in [3.8, 4) is 0 Å². The fourth-order valence-electron chi connectivity index (χ4n) is 1.08. The summed E-state index contributed by atoms with van der Waals surface area (Å²) in [6.07, 6.45) is 0. The predicted octanol–water partition coefficient (Wildman–Crippen LogP) is 1.90. The predicted molar refractivity (Wildman–Crippen MR) is 50.6 cm³/mol. The molecule has 0 aliphatic heterocycles. The summed E-state index contributed by atoms with van der Waals surface area (Å²) < 4.78 is 25.9. The summed E-state index contributed by atoms with van der Waals surface area (Å²) in [5, 5.41) is 3.39. The molecule has 0 spiro atoms. The Morgan fingerprint density at radius 1 is 1.40 bits per heavy atom. The van der Waals surface area contributed by atoms with Gasteiger partial charge in [0.25, 0.3) is 0 Å². The van der Waals surface area contributed by atoms with Crippen LogP contribution in [0.3, 0.4) is 0 Å². The SMILES string of the molecule is CO/N=C(/C(C)=O)c1ccc(F)cc1F. The van der Waals surface area contributed by atoms with Crippen LogP contribution in [0.15, 0.2) is 23.4 Å². The van der Waals surface area contributed by atoms with Gasteiger partial charge in [-0.15, -0.1) is 0 Å². The molecule has 0 saturated heterocycles. The number of ketones is 1. The second-order valence-corrected chi connectivity index (χ2v) is 2.80. The van der Waals surface area contributed by atoms with Gasteiger partial charge in [-0.1, -0.05) is 5.16 Å². The van der Waals surface area contributed by atoms with E-state index >= 15 is 0 Å². The van der Waals surface area contributed by atoms with E-state index in [1.165, 1.54) is 14.0 Å². The molecule has 80 valence electrons. The Balaban J connectivity index is 3.24. The molecule has 0 amide bonds. The number of hydrogen-bond acceptors (Lipinski definition) is 3. The van der Waals surface area contributed by atoms with E-state index in [1.807, 2.05) is 0 Å². The molecule has 0 aliphatic rings. The van der Waals surface area contributed by atoms with Crippen molar-refractivity contribution in [1.82, 2.24) is 0 Å². The molecule has 0 fully saturated rings. The molecule has 0 unspecified atom stereocenters. The molecule has 0 aliphatic carbocycles. The van der Waals surface area contributed by atoms with Gasteiger partial charge in [-0.05, 0) is 12.1 Å². The van der Waals surface area contributed by atoms with Crippen LogP contribution in [0.5, 0.6) is 0 Å². The number of carbonyl (C=O) groups is 1. The van der Waals surface area contributed by atoms with Crippen molar-refractivity contribution in [2.24, 2.45) is 5.16 Å². The van der Waals surface area contributed by atoms with Gasteiger partial charge >= 0.3 is 0 Å². The van der Waals surface area contributed by atoms with Crippen LogP contribution >= 0.6 is 0 Å². The molecule has 1 aromatic carbocycles. The first kappa shape index (κ1) is 11.3. The minimum atomic E-state index is -0.846. The van der Waals surface area contributed by atoms with Crippen molar-refractivity contribution in [2.45, 2.75) is 6.92 Å². The van der Waals surface area contributed by atoms with Crippen LogP contribution in [0.25, 0.3) is 0 Å². The van der Waals surface area contributed by atoms with Crippen LogP contribution < -0.4 is 0 Å². The number of oxime groups is 1. The van der Waals surface area contributed by atoms with Gasteiger partial charge in [0.05, 0.1) is 0 Å². The third-order valence-corrected chi connectivity index (χ3v) is 1.70. The van der Waals surface area contributed by atoms with Gasteiger partial charge in [0, 0.05) is 18.6 Å². The largest absolute Gasteiger partial charge is 0.399 e. The highest BCUT2D eigenvalue weighted by Crippen LogP contribution is 2.11. The summed E-state index contributed by atoms with van der Waals surface area (Å²) in [6, 6.07) is 2.87. The lowest BCUT2D eigenvalue weighted by atomic mass is 10.1. The number of benzene rings is 1. The Kier molecular flexibility index (Phi) is 3.49. The van der Waals surface area contributed by atoms with Crippen molar-refractivity contribution in [3.63, 3.8) is 0 Å². The molecule has 0 aromatic heterocycles. The van der Waals surface area contributed by atoms with Gasteiger partial charge in [0.15, 0.2) is 11.5 Å². The Bertz CT molecular complexity index is 416. The van der Waals surface area contributed by atoms with Crippen LogP contribution in [-0.4, -0.2) is 18.6 Å². The molecule has 0 radical (unpaired) electrons. The summed E-state index contributed by atoms with van der Waals surface area (Å²) in [5.74, 6) is -2.01. The van der Waals surface area contributed by atoms with Crippen molar-refractivity contribution < 1.29 is 18.4 Å². The van der Waals surface area contributed by atoms with E-state index in [1.54, 1.807) is 0 Å². The number of carbonyl (C=O) groups excluding carboxylic acids is 1. The van der Waals surface area contributed by atoms with Gasteiger partial charge in [-0.25, -0.2) is 8.78 Å². The standard InChI is InChI=1S/C10H9F2NO2/c1-6(14)10(13-15-2)8-4-3-7(11)5-9(8)12/h3-5H,1-2H3/b13-10-. The Morgan fingerprint density at radius 3 is 2.53 bits per heavy atom. The maximum atomic E-state index is 13.3. The minimum Gasteiger partial charge on any atom is -0.399 e. The monoisotopic (exact) mass is 213 g/mol. The second kappa shape index (κ2) is 4.63. The fraction of sp³-hybridized carbons (Fsp3) is 0.200. The lowest BCUT2D eigenvalue weighted by Crippen LogP contribution is -2.14. The van der Waals surface area contributed by atoms with E-state index in [4.69, 9.17) is 0 Å². The van der Waals surface area contributed by atoms with E-state index in [9.17, 15) is 13.6 Å². The van der Waals surface area contributed by atoms with Crippen molar-refractivity contribution >= 4 is 11.5 Å². The van der Waals surface area contributed by atoms with Crippen LogP contribution in [0.2, 0.25) is 0 Å². The third kappa shape index (κ3) is 2.59. The fourth-order valence-corrected chi connectivity index (χ4v) is 1.08. The molecule has 15 heavy (non-hydrogen) atoms. The lowest BCUT2D eigenvalue weighted by molar-refractivity contribution is -0.111. The van der Waals surface area contributed by atoms with Gasteiger partial charge in [0.2, 0.25) is 0 Å². The number of hydrogen-bond donors (Lipinski definition) is 0. The lowest BCUT2D eigenvalue weighted by Gasteiger charge is -2.03. The highest BCUT2D eigenvalue weighted by atomic mass is 19.1. The van der Waals surface area contributed by atoms with Crippen molar-refractivity contribution in [1.29, 1.82) is 0 Å².